The molecule has 1 fully saturated rings. The van der Waals surface area contributed by atoms with E-state index in [0.717, 1.165) is 24.5 Å². The minimum absolute atomic E-state index is 0.104. The minimum Gasteiger partial charge on any atom is -0.373 e. The van der Waals surface area contributed by atoms with Gasteiger partial charge in [-0.15, -0.1) is 0 Å². The van der Waals surface area contributed by atoms with Crippen molar-refractivity contribution in [3.8, 4) is 6.07 Å². The Bertz CT molecular complexity index is 776. The average Bonchev–Trinajstić information content (AvgIpc) is 2.66. The van der Waals surface area contributed by atoms with Crippen molar-refractivity contribution in [1.82, 2.24) is 0 Å². The zero-order chi connectivity index (χ0) is 18.6. The van der Waals surface area contributed by atoms with E-state index in [-0.39, 0.29) is 11.7 Å². The zero-order valence-electron chi connectivity index (χ0n) is 14.2. The van der Waals surface area contributed by atoms with Crippen molar-refractivity contribution in [2.24, 2.45) is 0 Å². The maximum atomic E-state index is 13.1. The molecule has 0 bridgehead atoms. The number of anilines is 1. The molecular formula is C20H19F3N2O. The van der Waals surface area contributed by atoms with E-state index in [1.54, 1.807) is 12.1 Å². The predicted molar refractivity (Wildman–Crippen MR) is 92.6 cm³/mol. The van der Waals surface area contributed by atoms with Gasteiger partial charge in [0.15, 0.2) is 0 Å². The quantitative estimate of drug-likeness (QED) is 0.789. The Hall–Kier alpha value is -2.52. The van der Waals surface area contributed by atoms with Gasteiger partial charge < -0.3 is 9.64 Å². The number of nitrogens with zero attached hydrogens (tertiary/aromatic N) is 2. The summed E-state index contributed by atoms with van der Waals surface area (Å²) in [4.78, 5) is 1.92. The number of nitriles is 1. The lowest BCUT2D eigenvalue weighted by atomic mass is 10.0. The van der Waals surface area contributed by atoms with Crippen LogP contribution in [0.2, 0.25) is 0 Å². The number of ether oxygens (including phenoxy) is 1. The van der Waals surface area contributed by atoms with E-state index in [1.807, 2.05) is 35.2 Å². The van der Waals surface area contributed by atoms with Gasteiger partial charge in [-0.3, -0.25) is 0 Å². The van der Waals surface area contributed by atoms with Gasteiger partial charge in [-0.1, -0.05) is 30.3 Å². The molecule has 0 radical (unpaired) electrons. The van der Waals surface area contributed by atoms with E-state index in [2.05, 4.69) is 0 Å². The van der Waals surface area contributed by atoms with Gasteiger partial charge in [-0.05, 0) is 36.6 Å². The van der Waals surface area contributed by atoms with Crippen molar-refractivity contribution in [3.63, 3.8) is 0 Å². The molecule has 0 N–H and O–H groups in total. The second kappa shape index (κ2) is 7.79. The summed E-state index contributed by atoms with van der Waals surface area (Å²) >= 11 is 0. The number of halogens is 3. The van der Waals surface area contributed by atoms with Crippen LogP contribution in [-0.2, 0) is 17.5 Å². The summed E-state index contributed by atoms with van der Waals surface area (Å²) in [5.74, 6) is 0. The third-order valence-corrected chi connectivity index (χ3v) is 4.56. The van der Waals surface area contributed by atoms with Crippen molar-refractivity contribution in [2.45, 2.75) is 31.7 Å². The molecular weight excluding hydrogens is 341 g/mol. The van der Waals surface area contributed by atoms with Gasteiger partial charge in [0, 0.05) is 18.8 Å². The molecule has 1 aliphatic heterocycles. The Morgan fingerprint density at radius 3 is 2.38 bits per heavy atom. The van der Waals surface area contributed by atoms with Crippen LogP contribution >= 0.6 is 0 Å². The molecule has 0 spiro atoms. The van der Waals surface area contributed by atoms with E-state index in [9.17, 15) is 13.2 Å². The summed E-state index contributed by atoms with van der Waals surface area (Å²) in [6.07, 6.45) is -2.91. The summed E-state index contributed by atoms with van der Waals surface area (Å²) < 4.78 is 45.3. The monoisotopic (exact) mass is 360 g/mol. The van der Waals surface area contributed by atoms with Gasteiger partial charge in [0.1, 0.15) is 0 Å². The fourth-order valence-corrected chi connectivity index (χ4v) is 3.13. The normalized spacial score (nSPS) is 15.7. The first kappa shape index (κ1) is 18.3. The van der Waals surface area contributed by atoms with Crippen molar-refractivity contribution in [1.29, 1.82) is 5.26 Å². The highest BCUT2D eigenvalue weighted by Gasteiger charge is 2.34. The third kappa shape index (κ3) is 4.36. The van der Waals surface area contributed by atoms with Gasteiger partial charge in [0.05, 0.1) is 29.9 Å². The molecule has 26 heavy (non-hydrogen) atoms. The highest BCUT2D eigenvalue weighted by atomic mass is 19.4. The third-order valence-electron chi connectivity index (χ3n) is 4.56. The summed E-state index contributed by atoms with van der Waals surface area (Å²) in [6, 6.07) is 15.4. The molecule has 2 aromatic rings. The van der Waals surface area contributed by atoms with Gasteiger partial charge in [0.2, 0.25) is 0 Å². The smallest absolute Gasteiger partial charge is 0.373 e. The standard InChI is InChI=1S/C20H19F3N2O/c21-20(22,23)19-12-17(7-6-16(19)13-24)25-10-8-18(9-11-25)26-14-15-4-2-1-3-5-15/h1-7,12,18H,8-11,14H2. The van der Waals surface area contributed by atoms with E-state index in [0.29, 0.717) is 25.4 Å². The highest BCUT2D eigenvalue weighted by molar-refractivity contribution is 5.55. The molecule has 0 unspecified atom stereocenters. The van der Waals surface area contributed by atoms with Gasteiger partial charge in [-0.25, -0.2) is 0 Å². The maximum absolute atomic E-state index is 13.1. The number of hydrogen-bond donors (Lipinski definition) is 0. The molecule has 0 atom stereocenters. The number of alkyl halides is 3. The van der Waals surface area contributed by atoms with Crippen LogP contribution in [-0.4, -0.2) is 19.2 Å². The van der Waals surface area contributed by atoms with Gasteiger partial charge in [-0.2, -0.15) is 18.4 Å². The molecule has 0 aliphatic carbocycles. The van der Waals surface area contributed by atoms with E-state index in [1.165, 1.54) is 6.07 Å². The predicted octanol–water partition coefficient (Wildman–Crippen LogP) is 4.76. The van der Waals surface area contributed by atoms with Crippen LogP contribution in [0.1, 0.15) is 29.5 Å². The lowest BCUT2D eigenvalue weighted by Gasteiger charge is -2.34. The van der Waals surface area contributed by atoms with Crippen molar-refractivity contribution in [2.75, 3.05) is 18.0 Å². The Kier molecular flexibility index (Phi) is 5.48. The van der Waals surface area contributed by atoms with Crippen molar-refractivity contribution in [3.05, 3.63) is 65.2 Å². The van der Waals surface area contributed by atoms with Crippen LogP contribution in [0.25, 0.3) is 0 Å². The maximum Gasteiger partial charge on any atom is 0.417 e. The average molecular weight is 360 g/mol. The first-order valence-electron chi connectivity index (χ1n) is 8.49. The molecule has 1 saturated heterocycles. The summed E-state index contributed by atoms with van der Waals surface area (Å²) in [7, 11) is 0. The summed E-state index contributed by atoms with van der Waals surface area (Å²) in [5.41, 5.74) is 0.386. The molecule has 3 rings (SSSR count). The van der Waals surface area contributed by atoms with Crippen LogP contribution in [0.3, 0.4) is 0 Å². The number of hydrogen-bond acceptors (Lipinski definition) is 3. The summed E-state index contributed by atoms with van der Waals surface area (Å²) in [5, 5.41) is 8.89. The lowest BCUT2D eigenvalue weighted by Crippen LogP contribution is -2.37. The molecule has 2 aromatic carbocycles. The van der Waals surface area contributed by atoms with Crippen molar-refractivity contribution >= 4 is 5.69 Å². The Morgan fingerprint density at radius 2 is 1.77 bits per heavy atom. The number of benzene rings is 2. The molecule has 0 aromatic heterocycles. The molecule has 1 aliphatic rings. The second-order valence-electron chi connectivity index (χ2n) is 6.32. The zero-order valence-corrected chi connectivity index (χ0v) is 14.2. The lowest BCUT2D eigenvalue weighted by molar-refractivity contribution is -0.137. The van der Waals surface area contributed by atoms with Gasteiger partial charge >= 0.3 is 6.18 Å². The SMILES string of the molecule is N#Cc1ccc(N2CCC(OCc3ccccc3)CC2)cc1C(F)(F)F. The highest BCUT2D eigenvalue weighted by Crippen LogP contribution is 2.35. The second-order valence-corrected chi connectivity index (χ2v) is 6.32. The number of piperidine rings is 1. The molecule has 1 heterocycles. The van der Waals surface area contributed by atoms with Crippen LogP contribution < -0.4 is 4.90 Å². The first-order chi connectivity index (χ1) is 12.5. The largest absolute Gasteiger partial charge is 0.417 e. The van der Waals surface area contributed by atoms with Crippen LogP contribution in [0.5, 0.6) is 0 Å². The van der Waals surface area contributed by atoms with Crippen LogP contribution in [0, 0.1) is 11.3 Å². The van der Waals surface area contributed by atoms with Crippen molar-refractivity contribution < 1.29 is 17.9 Å². The van der Waals surface area contributed by atoms with Crippen LogP contribution in [0.15, 0.2) is 48.5 Å². The van der Waals surface area contributed by atoms with Gasteiger partial charge in [0.25, 0.3) is 0 Å². The Morgan fingerprint density at radius 1 is 1.08 bits per heavy atom. The minimum atomic E-state index is -4.53. The number of rotatable bonds is 4. The molecule has 136 valence electrons. The fraction of sp³-hybridized carbons (Fsp3) is 0.350. The van der Waals surface area contributed by atoms with E-state index < -0.39 is 11.7 Å². The topological polar surface area (TPSA) is 36.3 Å². The van der Waals surface area contributed by atoms with E-state index in [4.69, 9.17) is 10.00 Å². The summed E-state index contributed by atoms with van der Waals surface area (Å²) in [6.45, 7) is 1.80. The first-order valence-corrected chi connectivity index (χ1v) is 8.49. The fourth-order valence-electron chi connectivity index (χ4n) is 3.13. The molecule has 0 amide bonds. The van der Waals surface area contributed by atoms with E-state index >= 15 is 0 Å². The Labute approximate surface area is 150 Å². The Balaban J connectivity index is 1.60. The molecule has 3 nitrogen and oxygen atoms in total. The molecule has 6 heteroatoms. The van der Waals surface area contributed by atoms with Crippen LogP contribution in [0.4, 0.5) is 18.9 Å². The molecule has 0 saturated carbocycles.